The molecule has 0 radical (unpaired) electrons. The predicted molar refractivity (Wildman–Crippen MR) is 112 cm³/mol. The standard InChI is InChI=1S/C20H25Cl2NO2.ClH/c1-15(2)24-10-6-9-23-13-17-11-18(21)20(19(22)12-17)25-14-16-7-4-3-5-8-16;/h3-5,7-8,11-12,15,23H,6,9-10,13-14H2,1-2H3;1H. The molecule has 0 aliphatic heterocycles. The monoisotopic (exact) mass is 417 g/mol. The number of halogens is 3. The van der Waals surface area contributed by atoms with Crippen LogP contribution in [0.1, 0.15) is 31.4 Å². The average Bonchev–Trinajstić information content (AvgIpc) is 2.58. The molecule has 26 heavy (non-hydrogen) atoms. The lowest BCUT2D eigenvalue weighted by molar-refractivity contribution is 0.0770. The van der Waals surface area contributed by atoms with E-state index < -0.39 is 0 Å². The molecule has 6 heteroatoms. The molecular formula is C20H26Cl3NO2. The van der Waals surface area contributed by atoms with Gasteiger partial charge in [-0.2, -0.15) is 0 Å². The quantitative estimate of drug-likeness (QED) is 0.487. The Bertz CT molecular complexity index is 628. The molecule has 2 aromatic carbocycles. The highest BCUT2D eigenvalue weighted by atomic mass is 35.5. The highest BCUT2D eigenvalue weighted by Gasteiger charge is 2.10. The Morgan fingerprint density at radius 1 is 1.00 bits per heavy atom. The van der Waals surface area contributed by atoms with E-state index in [2.05, 4.69) is 5.32 Å². The van der Waals surface area contributed by atoms with Crippen LogP contribution in [0, 0.1) is 0 Å². The molecule has 0 saturated heterocycles. The summed E-state index contributed by atoms with van der Waals surface area (Å²) in [5.41, 5.74) is 2.11. The van der Waals surface area contributed by atoms with Crippen LogP contribution in [-0.2, 0) is 17.9 Å². The van der Waals surface area contributed by atoms with Gasteiger partial charge in [-0.05, 0) is 50.1 Å². The number of nitrogens with one attached hydrogen (secondary N) is 1. The fourth-order valence-corrected chi connectivity index (χ4v) is 2.97. The normalized spacial score (nSPS) is 10.7. The van der Waals surface area contributed by atoms with Crippen molar-refractivity contribution in [2.75, 3.05) is 13.2 Å². The van der Waals surface area contributed by atoms with E-state index in [4.69, 9.17) is 32.7 Å². The minimum atomic E-state index is 0. The molecule has 0 aromatic heterocycles. The van der Waals surface area contributed by atoms with Gasteiger partial charge < -0.3 is 14.8 Å². The minimum Gasteiger partial charge on any atom is -0.486 e. The van der Waals surface area contributed by atoms with Crippen molar-refractivity contribution in [2.24, 2.45) is 0 Å². The first-order valence-corrected chi connectivity index (χ1v) is 9.29. The smallest absolute Gasteiger partial charge is 0.156 e. The van der Waals surface area contributed by atoms with E-state index in [1.165, 1.54) is 0 Å². The second kappa shape index (κ2) is 12.4. The van der Waals surface area contributed by atoms with E-state index in [9.17, 15) is 0 Å². The Labute approximate surface area is 172 Å². The Morgan fingerprint density at radius 3 is 2.27 bits per heavy atom. The van der Waals surface area contributed by atoms with Crippen LogP contribution in [0.4, 0.5) is 0 Å². The van der Waals surface area contributed by atoms with Crippen molar-refractivity contribution in [1.29, 1.82) is 0 Å². The fourth-order valence-electron chi connectivity index (χ4n) is 2.33. The zero-order valence-corrected chi connectivity index (χ0v) is 17.5. The zero-order valence-electron chi connectivity index (χ0n) is 15.1. The van der Waals surface area contributed by atoms with Crippen LogP contribution in [0.3, 0.4) is 0 Å². The molecule has 2 rings (SSSR count). The first kappa shape index (κ1) is 23.1. The van der Waals surface area contributed by atoms with Crippen molar-refractivity contribution in [2.45, 2.75) is 39.5 Å². The van der Waals surface area contributed by atoms with Crippen molar-refractivity contribution in [1.82, 2.24) is 5.32 Å². The maximum Gasteiger partial charge on any atom is 0.156 e. The maximum atomic E-state index is 6.34. The van der Waals surface area contributed by atoms with Gasteiger partial charge in [0.05, 0.1) is 16.1 Å². The van der Waals surface area contributed by atoms with Crippen molar-refractivity contribution in [3.8, 4) is 5.75 Å². The molecular weight excluding hydrogens is 393 g/mol. The molecule has 3 nitrogen and oxygen atoms in total. The first-order valence-electron chi connectivity index (χ1n) is 8.53. The summed E-state index contributed by atoms with van der Waals surface area (Å²) >= 11 is 12.7. The number of rotatable bonds is 10. The van der Waals surface area contributed by atoms with E-state index >= 15 is 0 Å². The predicted octanol–water partition coefficient (Wildman–Crippen LogP) is 5.90. The van der Waals surface area contributed by atoms with Gasteiger partial charge in [-0.25, -0.2) is 0 Å². The van der Waals surface area contributed by atoms with E-state index in [0.717, 1.165) is 30.7 Å². The molecule has 144 valence electrons. The highest BCUT2D eigenvalue weighted by Crippen LogP contribution is 2.34. The van der Waals surface area contributed by atoms with Crippen LogP contribution in [0.25, 0.3) is 0 Å². The van der Waals surface area contributed by atoms with Gasteiger partial charge in [0.15, 0.2) is 5.75 Å². The first-order chi connectivity index (χ1) is 12.1. The van der Waals surface area contributed by atoms with Crippen LogP contribution >= 0.6 is 35.6 Å². The number of hydrogen-bond acceptors (Lipinski definition) is 3. The van der Waals surface area contributed by atoms with E-state index in [0.29, 0.717) is 28.9 Å². The molecule has 1 N–H and O–H groups in total. The summed E-state index contributed by atoms with van der Waals surface area (Å²) in [5, 5.41) is 4.43. The maximum absolute atomic E-state index is 6.34. The van der Waals surface area contributed by atoms with Gasteiger partial charge in [-0.3, -0.25) is 0 Å². The zero-order chi connectivity index (χ0) is 18.1. The number of benzene rings is 2. The summed E-state index contributed by atoms with van der Waals surface area (Å²) < 4.78 is 11.3. The minimum absolute atomic E-state index is 0. The summed E-state index contributed by atoms with van der Waals surface area (Å²) in [6, 6.07) is 13.7. The third kappa shape index (κ3) is 8.15. The molecule has 0 unspecified atom stereocenters. The van der Waals surface area contributed by atoms with Crippen LogP contribution in [0.2, 0.25) is 10.0 Å². The largest absolute Gasteiger partial charge is 0.486 e. The van der Waals surface area contributed by atoms with Crippen molar-refractivity contribution < 1.29 is 9.47 Å². The molecule has 0 spiro atoms. The number of hydrogen-bond donors (Lipinski definition) is 1. The molecule has 0 atom stereocenters. The Balaban J connectivity index is 0.00000338. The van der Waals surface area contributed by atoms with Crippen LogP contribution < -0.4 is 10.1 Å². The van der Waals surface area contributed by atoms with Crippen molar-refractivity contribution in [3.05, 3.63) is 63.6 Å². The number of ether oxygens (including phenoxy) is 2. The lowest BCUT2D eigenvalue weighted by atomic mass is 10.2. The molecule has 0 heterocycles. The third-order valence-electron chi connectivity index (χ3n) is 3.56. The van der Waals surface area contributed by atoms with Crippen LogP contribution in [-0.4, -0.2) is 19.3 Å². The van der Waals surface area contributed by atoms with Gasteiger partial charge in [0.1, 0.15) is 6.61 Å². The van der Waals surface area contributed by atoms with E-state index in [1.807, 2.05) is 56.3 Å². The second-order valence-electron chi connectivity index (χ2n) is 6.11. The lowest BCUT2D eigenvalue weighted by Gasteiger charge is -2.13. The topological polar surface area (TPSA) is 30.5 Å². The van der Waals surface area contributed by atoms with Gasteiger partial charge in [-0.15, -0.1) is 12.4 Å². The van der Waals surface area contributed by atoms with Gasteiger partial charge in [-0.1, -0.05) is 53.5 Å². The van der Waals surface area contributed by atoms with Gasteiger partial charge in [0, 0.05) is 13.2 Å². The Kier molecular flexibility index (Phi) is 11.0. The SMILES string of the molecule is CC(C)OCCCNCc1cc(Cl)c(OCc2ccccc2)c(Cl)c1.Cl. The summed E-state index contributed by atoms with van der Waals surface area (Å²) in [7, 11) is 0. The van der Waals surface area contributed by atoms with Gasteiger partial charge >= 0.3 is 0 Å². The van der Waals surface area contributed by atoms with Gasteiger partial charge in [0.25, 0.3) is 0 Å². The van der Waals surface area contributed by atoms with E-state index in [1.54, 1.807) is 0 Å². The molecule has 2 aromatic rings. The summed E-state index contributed by atoms with van der Waals surface area (Å²) in [4.78, 5) is 0. The molecule has 0 bridgehead atoms. The second-order valence-corrected chi connectivity index (χ2v) is 6.93. The fraction of sp³-hybridized carbons (Fsp3) is 0.400. The van der Waals surface area contributed by atoms with E-state index in [-0.39, 0.29) is 18.5 Å². The van der Waals surface area contributed by atoms with Crippen LogP contribution in [0.15, 0.2) is 42.5 Å². The molecule has 0 aliphatic carbocycles. The Hall–Kier alpha value is -0.970. The van der Waals surface area contributed by atoms with Crippen molar-refractivity contribution >= 4 is 35.6 Å². The average molecular weight is 419 g/mol. The third-order valence-corrected chi connectivity index (χ3v) is 4.12. The molecule has 0 fully saturated rings. The summed E-state index contributed by atoms with van der Waals surface area (Å²) in [5.74, 6) is 0.529. The molecule has 0 aliphatic rings. The lowest BCUT2D eigenvalue weighted by Crippen LogP contribution is -2.17. The van der Waals surface area contributed by atoms with Crippen molar-refractivity contribution in [3.63, 3.8) is 0 Å². The molecule has 0 amide bonds. The van der Waals surface area contributed by atoms with Gasteiger partial charge in [0.2, 0.25) is 0 Å². The summed E-state index contributed by atoms with van der Waals surface area (Å²) in [6.45, 7) is 6.87. The van der Waals surface area contributed by atoms with Crippen LogP contribution in [0.5, 0.6) is 5.75 Å². The molecule has 0 saturated carbocycles. The summed E-state index contributed by atoms with van der Waals surface area (Å²) in [6.07, 6.45) is 1.25. The highest BCUT2D eigenvalue weighted by molar-refractivity contribution is 6.37. The Morgan fingerprint density at radius 2 is 1.65 bits per heavy atom.